The summed E-state index contributed by atoms with van der Waals surface area (Å²) in [4.78, 5) is 17.5. The Morgan fingerprint density at radius 3 is 2.29 bits per heavy atom. The second-order valence-electron chi connectivity index (χ2n) is 8.01. The van der Waals surface area contributed by atoms with Crippen molar-refractivity contribution in [1.29, 1.82) is 0 Å². The first-order valence-electron chi connectivity index (χ1n) is 10.7. The van der Waals surface area contributed by atoms with Crippen LogP contribution in [0.15, 0.2) is 60.7 Å². The Labute approximate surface area is 168 Å². The van der Waals surface area contributed by atoms with E-state index in [1.54, 1.807) is 6.08 Å². The molecule has 0 N–H and O–H groups in total. The molecule has 0 saturated carbocycles. The summed E-state index contributed by atoms with van der Waals surface area (Å²) in [5.74, 6) is 0.163. The quantitative estimate of drug-likeness (QED) is 0.699. The molecule has 28 heavy (non-hydrogen) atoms. The molecule has 1 atom stereocenters. The lowest BCUT2D eigenvalue weighted by atomic mass is 10.0. The minimum absolute atomic E-state index is 0.163. The van der Waals surface area contributed by atoms with Gasteiger partial charge in [-0.3, -0.25) is 4.79 Å². The van der Waals surface area contributed by atoms with Gasteiger partial charge < -0.3 is 9.80 Å². The molecule has 0 bridgehead atoms. The summed E-state index contributed by atoms with van der Waals surface area (Å²) in [5, 5.41) is 0. The zero-order chi connectivity index (χ0) is 19.2. The molecule has 0 unspecified atom stereocenters. The van der Waals surface area contributed by atoms with Crippen molar-refractivity contribution in [3.8, 4) is 11.1 Å². The van der Waals surface area contributed by atoms with Gasteiger partial charge in [0, 0.05) is 25.2 Å². The lowest BCUT2D eigenvalue weighted by Gasteiger charge is -2.37. The number of amides is 1. The monoisotopic (exact) mass is 374 g/mol. The highest BCUT2D eigenvalue weighted by Crippen LogP contribution is 2.22. The summed E-state index contributed by atoms with van der Waals surface area (Å²) in [5.41, 5.74) is 3.49. The normalized spacial score (nSPS) is 20.7. The highest BCUT2D eigenvalue weighted by molar-refractivity contribution is 5.92. The zero-order valence-electron chi connectivity index (χ0n) is 16.6. The van der Waals surface area contributed by atoms with Gasteiger partial charge in [-0.05, 0) is 68.0 Å². The van der Waals surface area contributed by atoms with Gasteiger partial charge in [-0.15, -0.1) is 0 Å². The summed E-state index contributed by atoms with van der Waals surface area (Å²) in [6.45, 7) is 4.34. The average Bonchev–Trinajstić information content (AvgIpc) is 3.26. The van der Waals surface area contributed by atoms with Crippen LogP contribution in [0.2, 0.25) is 0 Å². The third kappa shape index (κ3) is 4.71. The summed E-state index contributed by atoms with van der Waals surface area (Å²) >= 11 is 0. The molecular weight excluding hydrogens is 344 g/mol. The smallest absolute Gasteiger partial charge is 0.246 e. The molecule has 2 heterocycles. The van der Waals surface area contributed by atoms with Gasteiger partial charge in [-0.1, -0.05) is 54.6 Å². The Balaban J connectivity index is 1.39. The number of carbonyl (C=O) groups excluding carboxylic acids is 1. The maximum absolute atomic E-state index is 12.9. The molecule has 3 nitrogen and oxygen atoms in total. The Hall–Kier alpha value is -2.39. The minimum Gasteiger partial charge on any atom is -0.335 e. The van der Waals surface area contributed by atoms with E-state index in [4.69, 9.17) is 0 Å². The van der Waals surface area contributed by atoms with Crippen LogP contribution in [-0.4, -0.2) is 47.9 Å². The second-order valence-corrected chi connectivity index (χ2v) is 8.01. The van der Waals surface area contributed by atoms with Crippen molar-refractivity contribution in [3.63, 3.8) is 0 Å². The van der Waals surface area contributed by atoms with Gasteiger partial charge in [0.2, 0.25) is 5.91 Å². The highest BCUT2D eigenvalue weighted by atomic mass is 16.2. The molecule has 0 spiro atoms. The van der Waals surface area contributed by atoms with Crippen molar-refractivity contribution < 1.29 is 4.79 Å². The first-order valence-corrected chi connectivity index (χ1v) is 10.7. The molecule has 2 fully saturated rings. The predicted octanol–water partition coefficient (Wildman–Crippen LogP) is 4.84. The number of hydrogen-bond donors (Lipinski definition) is 0. The van der Waals surface area contributed by atoms with Gasteiger partial charge in [-0.2, -0.15) is 0 Å². The van der Waals surface area contributed by atoms with Crippen LogP contribution >= 0.6 is 0 Å². The minimum atomic E-state index is 0.163. The van der Waals surface area contributed by atoms with Crippen molar-refractivity contribution in [2.24, 2.45) is 0 Å². The summed E-state index contributed by atoms with van der Waals surface area (Å²) in [7, 11) is 0. The van der Waals surface area contributed by atoms with E-state index in [1.165, 1.54) is 43.5 Å². The van der Waals surface area contributed by atoms with Gasteiger partial charge >= 0.3 is 0 Å². The standard InChI is InChI=1S/C25H30N2O/c28-25(27-19-5-4-10-24(27)20-26-17-6-7-18-26)16-13-21-11-14-23(15-12-21)22-8-2-1-3-9-22/h1-3,8-9,11-16,24H,4-7,10,17-20H2/b16-13+/t24-/m0/s1. The highest BCUT2D eigenvalue weighted by Gasteiger charge is 2.27. The first kappa shape index (κ1) is 18.9. The second kappa shape index (κ2) is 9.20. The fraction of sp³-hybridized carbons (Fsp3) is 0.400. The topological polar surface area (TPSA) is 23.6 Å². The molecule has 2 aliphatic rings. The van der Waals surface area contributed by atoms with Gasteiger partial charge in [0.05, 0.1) is 0 Å². The number of hydrogen-bond acceptors (Lipinski definition) is 2. The van der Waals surface area contributed by atoms with Crippen LogP contribution in [0.5, 0.6) is 0 Å². The Morgan fingerprint density at radius 1 is 0.857 bits per heavy atom. The van der Waals surface area contributed by atoms with Crippen LogP contribution in [0.3, 0.4) is 0 Å². The van der Waals surface area contributed by atoms with E-state index < -0.39 is 0 Å². The lowest BCUT2D eigenvalue weighted by Crippen LogP contribution is -2.48. The summed E-state index contributed by atoms with van der Waals surface area (Å²) in [6, 6.07) is 19.2. The van der Waals surface area contributed by atoms with E-state index in [2.05, 4.69) is 58.3 Å². The van der Waals surface area contributed by atoms with Gasteiger partial charge in [0.15, 0.2) is 0 Å². The van der Waals surface area contributed by atoms with Crippen LogP contribution in [-0.2, 0) is 4.79 Å². The number of nitrogens with zero attached hydrogens (tertiary/aromatic N) is 2. The van der Waals surface area contributed by atoms with Gasteiger partial charge in [-0.25, -0.2) is 0 Å². The summed E-state index contributed by atoms with van der Waals surface area (Å²) in [6.07, 6.45) is 9.84. The zero-order valence-corrected chi connectivity index (χ0v) is 16.6. The molecule has 0 aromatic heterocycles. The molecule has 2 aliphatic heterocycles. The SMILES string of the molecule is O=C(/C=C/c1ccc(-c2ccccc2)cc1)N1CCCC[C@H]1CN1CCCC1. The molecule has 146 valence electrons. The Bertz CT molecular complexity index is 791. The molecule has 4 rings (SSSR count). The number of rotatable bonds is 5. The van der Waals surface area contributed by atoms with E-state index >= 15 is 0 Å². The number of piperidine rings is 1. The van der Waals surface area contributed by atoms with E-state index in [9.17, 15) is 4.79 Å². The van der Waals surface area contributed by atoms with Crippen molar-refractivity contribution in [3.05, 3.63) is 66.2 Å². The van der Waals surface area contributed by atoms with E-state index in [-0.39, 0.29) is 5.91 Å². The molecular formula is C25H30N2O. The molecule has 2 aromatic carbocycles. The molecule has 0 radical (unpaired) electrons. The van der Waals surface area contributed by atoms with E-state index in [0.29, 0.717) is 6.04 Å². The van der Waals surface area contributed by atoms with Crippen LogP contribution in [0.25, 0.3) is 17.2 Å². The van der Waals surface area contributed by atoms with Crippen LogP contribution in [0, 0.1) is 0 Å². The average molecular weight is 375 g/mol. The number of carbonyl (C=O) groups is 1. The fourth-order valence-electron chi connectivity index (χ4n) is 4.42. The Morgan fingerprint density at radius 2 is 1.54 bits per heavy atom. The maximum Gasteiger partial charge on any atom is 0.246 e. The maximum atomic E-state index is 12.9. The molecule has 3 heteroatoms. The van der Waals surface area contributed by atoms with E-state index in [1.807, 2.05) is 12.1 Å². The van der Waals surface area contributed by atoms with Crippen molar-refractivity contribution >= 4 is 12.0 Å². The number of likely N-dealkylation sites (tertiary alicyclic amines) is 2. The molecule has 2 aromatic rings. The lowest BCUT2D eigenvalue weighted by molar-refractivity contribution is -0.129. The third-order valence-electron chi connectivity index (χ3n) is 6.01. The largest absolute Gasteiger partial charge is 0.335 e. The number of benzene rings is 2. The third-order valence-corrected chi connectivity index (χ3v) is 6.01. The fourth-order valence-corrected chi connectivity index (χ4v) is 4.42. The van der Waals surface area contributed by atoms with E-state index in [0.717, 1.165) is 31.5 Å². The first-order chi connectivity index (χ1) is 13.8. The molecule has 1 amide bonds. The van der Waals surface area contributed by atoms with Gasteiger partial charge in [0.25, 0.3) is 0 Å². The van der Waals surface area contributed by atoms with Gasteiger partial charge in [0.1, 0.15) is 0 Å². The molecule has 2 saturated heterocycles. The van der Waals surface area contributed by atoms with Crippen LogP contribution < -0.4 is 0 Å². The Kier molecular flexibility index (Phi) is 6.23. The predicted molar refractivity (Wildman–Crippen MR) is 116 cm³/mol. The summed E-state index contributed by atoms with van der Waals surface area (Å²) < 4.78 is 0. The van der Waals surface area contributed by atoms with Crippen molar-refractivity contribution in [2.45, 2.75) is 38.1 Å². The van der Waals surface area contributed by atoms with Crippen LogP contribution in [0.1, 0.15) is 37.7 Å². The van der Waals surface area contributed by atoms with Crippen LogP contribution in [0.4, 0.5) is 0 Å². The van der Waals surface area contributed by atoms with Crippen molar-refractivity contribution in [1.82, 2.24) is 9.80 Å². The molecule has 0 aliphatic carbocycles. The van der Waals surface area contributed by atoms with Crippen molar-refractivity contribution in [2.75, 3.05) is 26.2 Å².